The second kappa shape index (κ2) is 11.3. The molecule has 0 spiro atoms. The minimum Gasteiger partial charge on any atom is -0.497 e. The number of nitrogens with two attached hydrogens (primary N) is 1. The first-order valence-corrected chi connectivity index (χ1v) is 12.3. The van der Waals surface area contributed by atoms with Crippen molar-refractivity contribution in [3.63, 3.8) is 0 Å². The second-order valence-corrected chi connectivity index (χ2v) is 9.00. The van der Waals surface area contributed by atoms with Crippen LogP contribution in [0.4, 0.5) is 14.9 Å². The molecule has 9 nitrogen and oxygen atoms in total. The summed E-state index contributed by atoms with van der Waals surface area (Å²) in [6.45, 7) is 0.105. The smallest absolute Gasteiger partial charge is 0.413 e. The molecule has 39 heavy (non-hydrogen) atoms. The molecule has 1 aromatic heterocycles. The first-order chi connectivity index (χ1) is 18.9. The molecule has 3 aromatic carbocycles. The van der Waals surface area contributed by atoms with Crippen LogP contribution in [0, 0.1) is 5.82 Å². The largest absolute Gasteiger partial charge is 0.497 e. The highest BCUT2D eigenvalue weighted by molar-refractivity contribution is 5.88. The van der Waals surface area contributed by atoms with Gasteiger partial charge in [-0.1, -0.05) is 12.1 Å². The number of nitrogen functional groups attached to an aromatic ring is 1. The summed E-state index contributed by atoms with van der Waals surface area (Å²) >= 11 is 0. The van der Waals surface area contributed by atoms with Gasteiger partial charge < -0.3 is 29.4 Å². The molecule has 1 aliphatic carbocycles. The van der Waals surface area contributed by atoms with Gasteiger partial charge in [0.05, 0.1) is 19.7 Å². The molecule has 0 radical (unpaired) electrons. The summed E-state index contributed by atoms with van der Waals surface area (Å²) in [7, 11) is 3.10. The average molecular weight is 534 g/mol. The maximum atomic E-state index is 14.3. The molecule has 0 unspecified atom stereocenters. The van der Waals surface area contributed by atoms with Crippen LogP contribution >= 0.6 is 0 Å². The molecule has 4 aromatic rings. The second-order valence-electron chi connectivity index (χ2n) is 9.00. The van der Waals surface area contributed by atoms with Crippen LogP contribution in [0.25, 0.3) is 10.9 Å². The Hall–Kier alpha value is -4.73. The highest BCUT2D eigenvalue weighted by Gasteiger charge is 2.34. The summed E-state index contributed by atoms with van der Waals surface area (Å²) in [5.74, 6) is 1.36. The van der Waals surface area contributed by atoms with E-state index in [1.807, 2.05) is 24.3 Å². The average Bonchev–Trinajstić information content (AvgIpc) is 3.79. The maximum absolute atomic E-state index is 14.3. The number of rotatable bonds is 10. The predicted octanol–water partition coefficient (Wildman–Crippen LogP) is 5.90. The van der Waals surface area contributed by atoms with E-state index in [-0.39, 0.29) is 25.1 Å². The number of halogens is 1. The fourth-order valence-electron chi connectivity index (χ4n) is 3.99. The van der Waals surface area contributed by atoms with E-state index < -0.39 is 11.9 Å². The molecule has 202 valence electrons. The Morgan fingerprint density at radius 3 is 2.46 bits per heavy atom. The molecule has 1 amide bonds. The van der Waals surface area contributed by atoms with E-state index >= 15 is 0 Å². The van der Waals surface area contributed by atoms with Crippen LogP contribution in [-0.4, -0.2) is 43.0 Å². The zero-order valence-electron chi connectivity index (χ0n) is 21.6. The number of benzene rings is 3. The molecule has 0 atom stereocenters. The first kappa shape index (κ1) is 25.9. The number of fused-ring (bicyclic) bond motifs is 1. The Morgan fingerprint density at radius 1 is 0.974 bits per heavy atom. The Balaban J connectivity index is 1.30. The van der Waals surface area contributed by atoms with E-state index in [9.17, 15) is 9.18 Å². The minimum atomic E-state index is -0.578. The quantitative estimate of drug-likeness (QED) is 0.198. The number of nitrogens with zero attached hydrogens (tertiary/aromatic N) is 2. The van der Waals surface area contributed by atoms with Crippen molar-refractivity contribution in [3.8, 4) is 28.7 Å². The van der Waals surface area contributed by atoms with Gasteiger partial charge in [0.15, 0.2) is 29.8 Å². The molecule has 1 aliphatic rings. The third-order valence-corrected chi connectivity index (χ3v) is 6.27. The molecule has 1 heterocycles. The first-order valence-electron chi connectivity index (χ1n) is 12.3. The fourth-order valence-corrected chi connectivity index (χ4v) is 3.99. The van der Waals surface area contributed by atoms with Gasteiger partial charge in [-0.3, -0.25) is 9.88 Å². The third-order valence-electron chi connectivity index (χ3n) is 6.27. The van der Waals surface area contributed by atoms with E-state index in [0.717, 1.165) is 24.2 Å². The van der Waals surface area contributed by atoms with E-state index in [2.05, 4.69) is 4.98 Å². The number of ether oxygens (including phenoxy) is 5. The summed E-state index contributed by atoms with van der Waals surface area (Å²) in [5, 5.41) is 0.593. The Kier molecular flexibility index (Phi) is 7.53. The molecule has 5 rings (SSSR count). The zero-order valence-corrected chi connectivity index (χ0v) is 21.6. The van der Waals surface area contributed by atoms with Crippen molar-refractivity contribution in [1.82, 2.24) is 9.88 Å². The number of hydrogen-bond acceptors (Lipinski definition) is 8. The minimum absolute atomic E-state index is 0.0270. The van der Waals surface area contributed by atoms with Crippen LogP contribution < -0.4 is 24.7 Å². The van der Waals surface area contributed by atoms with Crippen molar-refractivity contribution >= 4 is 22.7 Å². The third kappa shape index (κ3) is 6.06. The fraction of sp³-hybridized carbons (Fsp3) is 0.241. The van der Waals surface area contributed by atoms with Crippen LogP contribution in [-0.2, 0) is 11.3 Å². The summed E-state index contributed by atoms with van der Waals surface area (Å²) in [6.07, 6.45) is 2.84. The van der Waals surface area contributed by atoms with Gasteiger partial charge in [0.2, 0.25) is 0 Å². The number of amides is 1. The van der Waals surface area contributed by atoms with Crippen molar-refractivity contribution < 1.29 is 32.9 Å². The normalized spacial score (nSPS) is 12.6. The predicted molar refractivity (Wildman–Crippen MR) is 143 cm³/mol. The topological polar surface area (TPSA) is 105 Å². The summed E-state index contributed by atoms with van der Waals surface area (Å²) < 4.78 is 42.4. The molecule has 1 fully saturated rings. The summed E-state index contributed by atoms with van der Waals surface area (Å²) in [5.41, 5.74) is 7.32. The van der Waals surface area contributed by atoms with E-state index in [0.29, 0.717) is 33.8 Å². The van der Waals surface area contributed by atoms with Crippen molar-refractivity contribution in [2.75, 3.05) is 26.7 Å². The lowest BCUT2D eigenvalue weighted by atomic mass is 10.2. The molecule has 10 heteroatoms. The Morgan fingerprint density at radius 2 is 1.77 bits per heavy atom. The summed E-state index contributed by atoms with van der Waals surface area (Å²) in [6, 6.07) is 16.6. The van der Waals surface area contributed by atoms with Crippen LogP contribution in [0.1, 0.15) is 18.4 Å². The van der Waals surface area contributed by atoms with Crippen LogP contribution in [0.5, 0.6) is 28.7 Å². The van der Waals surface area contributed by atoms with Gasteiger partial charge in [-0.2, -0.15) is 0 Å². The Bertz CT molecular complexity index is 1480. The van der Waals surface area contributed by atoms with E-state index in [4.69, 9.17) is 29.4 Å². The van der Waals surface area contributed by atoms with E-state index in [1.165, 1.54) is 19.2 Å². The highest BCUT2D eigenvalue weighted by atomic mass is 19.1. The summed E-state index contributed by atoms with van der Waals surface area (Å²) in [4.78, 5) is 18.8. The Labute approximate surface area is 224 Å². The number of carbonyl (C=O) groups excluding carboxylic acids is 1. The van der Waals surface area contributed by atoms with Crippen LogP contribution in [0.3, 0.4) is 0 Å². The number of pyridine rings is 1. The van der Waals surface area contributed by atoms with Gasteiger partial charge in [0.1, 0.15) is 18.1 Å². The van der Waals surface area contributed by atoms with Gasteiger partial charge in [0.25, 0.3) is 0 Å². The van der Waals surface area contributed by atoms with Crippen LogP contribution in [0.15, 0.2) is 66.9 Å². The maximum Gasteiger partial charge on any atom is 0.413 e. The van der Waals surface area contributed by atoms with Gasteiger partial charge in [-0.15, -0.1) is 0 Å². The molecule has 0 aliphatic heterocycles. The molecule has 0 bridgehead atoms. The number of anilines is 1. The number of aromatic nitrogens is 1. The highest BCUT2D eigenvalue weighted by Crippen LogP contribution is 2.38. The van der Waals surface area contributed by atoms with Gasteiger partial charge >= 0.3 is 6.09 Å². The van der Waals surface area contributed by atoms with Gasteiger partial charge in [-0.25, -0.2) is 9.18 Å². The molecule has 0 saturated heterocycles. The zero-order chi connectivity index (χ0) is 27.4. The monoisotopic (exact) mass is 533 g/mol. The molecule has 2 N–H and O–H groups in total. The number of methoxy groups -OCH3 is 2. The standard InChI is InChI=1S/C29H28FN3O6/c1-35-21-8-3-18(4-9-21)16-37-29(34)33(20-6-7-20)17-38-28-15-24-22(14-27(28)36-2)25(11-12-32-24)39-26-10-5-19(31)13-23(26)30/h3-5,8-15,20H,6-7,16-17,31H2,1-2H3. The van der Waals surface area contributed by atoms with Gasteiger partial charge in [0, 0.05) is 35.4 Å². The van der Waals surface area contributed by atoms with Crippen LogP contribution in [0.2, 0.25) is 0 Å². The molecular formula is C29H28FN3O6. The van der Waals surface area contributed by atoms with Crippen molar-refractivity contribution in [3.05, 3.63) is 78.2 Å². The molecule has 1 saturated carbocycles. The lowest BCUT2D eigenvalue weighted by Crippen LogP contribution is -2.36. The lowest BCUT2D eigenvalue weighted by Gasteiger charge is -2.23. The van der Waals surface area contributed by atoms with Crippen molar-refractivity contribution in [1.29, 1.82) is 0 Å². The number of hydrogen-bond donors (Lipinski definition) is 1. The lowest BCUT2D eigenvalue weighted by molar-refractivity contribution is 0.0606. The van der Waals surface area contributed by atoms with Crippen molar-refractivity contribution in [2.24, 2.45) is 0 Å². The SMILES string of the molecule is COc1ccc(COC(=O)N(COc2cc3nccc(Oc4ccc(N)cc4F)c3cc2OC)C2CC2)cc1. The van der Waals surface area contributed by atoms with Crippen molar-refractivity contribution in [2.45, 2.75) is 25.5 Å². The van der Waals surface area contributed by atoms with Gasteiger partial charge in [-0.05, 0) is 54.8 Å². The van der Waals surface area contributed by atoms with E-state index in [1.54, 1.807) is 42.5 Å². The molecular weight excluding hydrogens is 505 g/mol. The number of carbonyl (C=O) groups is 1.